The summed E-state index contributed by atoms with van der Waals surface area (Å²) in [6, 6.07) is 3.10. The van der Waals surface area contributed by atoms with Crippen LogP contribution in [-0.4, -0.2) is 44.2 Å². The summed E-state index contributed by atoms with van der Waals surface area (Å²) in [4.78, 5) is 21.5. The zero-order chi connectivity index (χ0) is 19.8. The summed E-state index contributed by atoms with van der Waals surface area (Å²) in [5, 5.41) is 0. The molecule has 0 aliphatic carbocycles. The molecule has 1 saturated heterocycles. The molecule has 0 unspecified atom stereocenters. The summed E-state index contributed by atoms with van der Waals surface area (Å²) in [6.07, 6.45) is -2.26. The molecule has 0 radical (unpaired) electrons. The number of hydrogen-bond acceptors (Lipinski definition) is 4. The van der Waals surface area contributed by atoms with Crippen LogP contribution in [0, 0.1) is 5.92 Å². The van der Waals surface area contributed by atoms with Crippen molar-refractivity contribution < 1.29 is 22.7 Å². The molecule has 148 valence electrons. The molecular weight excluding hydrogens is 361 g/mol. The number of likely N-dealkylation sites (tertiary alicyclic amines) is 1. The van der Waals surface area contributed by atoms with Crippen molar-refractivity contribution in [1.82, 2.24) is 19.4 Å². The van der Waals surface area contributed by atoms with Gasteiger partial charge in [0, 0.05) is 25.8 Å². The predicted molar refractivity (Wildman–Crippen MR) is 93.1 cm³/mol. The molecule has 0 N–H and O–H groups in total. The van der Waals surface area contributed by atoms with Gasteiger partial charge < -0.3 is 14.2 Å². The summed E-state index contributed by atoms with van der Waals surface area (Å²) < 4.78 is 46.7. The number of carbonyl (C=O) groups excluding carboxylic acids is 1. The number of pyridine rings is 1. The predicted octanol–water partition coefficient (Wildman–Crippen LogP) is 4.10. The minimum absolute atomic E-state index is 0.00388. The van der Waals surface area contributed by atoms with Gasteiger partial charge in [-0.15, -0.1) is 0 Å². The normalized spacial score (nSPS) is 16.7. The van der Waals surface area contributed by atoms with Gasteiger partial charge in [-0.3, -0.25) is 0 Å². The smallest absolute Gasteiger partial charge is 0.444 e. The van der Waals surface area contributed by atoms with Crippen LogP contribution >= 0.6 is 0 Å². The van der Waals surface area contributed by atoms with Crippen LogP contribution in [0.4, 0.5) is 18.0 Å². The molecule has 1 aliphatic heterocycles. The first-order chi connectivity index (χ1) is 12.5. The van der Waals surface area contributed by atoms with E-state index in [4.69, 9.17) is 4.74 Å². The van der Waals surface area contributed by atoms with Crippen molar-refractivity contribution in [1.29, 1.82) is 0 Å². The van der Waals surface area contributed by atoms with E-state index in [9.17, 15) is 18.0 Å². The van der Waals surface area contributed by atoms with E-state index in [0.29, 0.717) is 25.9 Å². The van der Waals surface area contributed by atoms with Crippen LogP contribution in [0.15, 0.2) is 18.3 Å². The van der Waals surface area contributed by atoms with Gasteiger partial charge in [-0.25, -0.2) is 14.8 Å². The van der Waals surface area contributed by atoms with Crippen molar-refractivity contribution in [2.45, 2.75) is 51.9 Å². The number of carbonyl (C=O) groups is 1. The lowest BCUT2D eigenvalue weighted by atomic mass is 9.97. The maximum atomic E-state index is 13.4. The summed E-state index contributed by atoms with van der Waals surface area (Å²) in [5.41, 5.74) is -0.105. The van der Waals surface area contributed by atoms with E-state index in [0.717, 1.165) is 4.57 Å². The molecule has 27 heavy (non-hydrogen) atoms. The van der Waals surface area contributed by atoms with Crippen LogP contribution in [0.5, 0.6) is 0 Å². The van der Waals surface area contributed by atoms with E-state index in [2.05, 4.69) is 9.97 Å². The van der Waals surface area contributed by atoms with Gasteiger partial charge in [-0.2, -0.15) is 13.2 Å². The number of alkyl halides is 3. The van der Waals surface area contributed by atoms with Crippen molar-refractivity contribution in [2.24, 2.45) is 5.92 Å². The molecule has 0 bridgehead atoms. The van der Waals surface area contributed by atoms with Crippen LogP contribution < -0.4 is 0 Å². The molecule has 0 atom stereocenters. The third-order valence-corrected chi connectivity index (χ3v) is 4.46. The Bertz CT molecular complexity index is 818. The SMILES string of the molecule is CC(C)(C)OC(=O)N1CCC(Cn2c(C(F)(F)F)nc3cccnc32)CC1. The lowest BCUT2D eigenvalue weighted by Crippen LogP contribution is -2.42. The van der Waals surface area contributed by atoms with Crippen LogP contribution in [0.3, 0.4) is 0 Å². The highest BCUT2D eigenvalue weighted by molar-refractivity contribution is 5.71. The average molecular weight is 384 g/mol. The van der Waals surface area contributed by atoms with E-state index in [1.165, 1.54) is 12.3 Å². The van der Waals surface area contributed by atoms with E-state index in [-0.39, 0.29) is 29.7 Å². The highest BCUT2D eigenvalue weighted by Gasteiger charge is 2.38. The number of aromatic nitrogens is 3. The zero-order valence-electron chi connectivity index (χ0n) is 15.6. The number of hydrogen-bond donors (Lipinski definition) is 0. The van der Waals surface area contributed by atoms with Gasteiger partial charge in [-0.05, 0) is 51.7 Å². The zero-order valence-corrected chi connectivity index (χ0v) is 15.6. The second-order valence-corrected chi connectivity index (χ2v) is 7.80. The fourth-order valence-electron chi connectivity index (χ4n) is 3.23. The molecule has 3 heterocycles. The molecule has 6 nitrogen and oxygen atoms in total. The van der Waals surface area contributed by atoms with Gasteiger partial charge in [0.2, 0.25) is 5.82 Å². The number of fused-ring (bicyclic) bond motifs is 1. The molecule has 0 spiro atoms. The van der Waals surface area contributed by atoms with Gasteiger partial charge in [0.25, 0.3) is 0 Å². The number of nitrogens with zero attached hydrogens (tertiary/aromatic N) is 4. The highest BCUT2D eigenvalue weighted by atomic mass is 19.4. The van der Waals surface area contributed by atoms with Crippen molar-refractivity contribution in [3.05, 3.63) is 24.2 Å². The van der Waals surface area contributed by atoms with Gasteiger partial charge in [0.1, 0.15) is 11.1 Å². The topological polar surface area (TPSA) is 60.2 Å². The van der Waals surface area contributed by atoms with Crippen LogP contribution in [0.25, 0.3) is 11.2 Å². The Morgan fingerprint density at radius 2 is 1.93 bits per heavy atom. The van der Waals surface area contributed by atoms with Crippen molar-refractivity contribution in [2.75, 3.05) is 13.1 Å². The first kappa shape index (κ1) is 19.4. The van der Waals surface area contributed by atoms with Crippen molar-refractivity contribution in [3.8, 4) is 0 Å². The Labute approximate surface area is 155 Å². The Morgan fingerprint density at radius 3 is 2.52 bits per heavy atom. The number of halogens is 3. The number of ether oxygens (including phenoxy) is 1. The maximum Gasteiger partial charge on any atom is 0.449 e. The average Bonchev–Trinajstić information content (AvgIpc) is 2.93. The second kappa shape index (κ2) is 7.01. The fourth-order valence-corrected chi connectivity index (χ4v) is 3.23. The highest BCUT2D eigenvalue weighted by Crippen LogP contribution is 2.32. The second-order valence-electron chi connectivity index (χ2n) is 7.80. The van der Waals surface area contributed by atoms with Gasteiger partial charge in [0.15, 0.2) is 5.65 Å². The molecule has 3 rings (SSSR count). The monoisotopic (exact) mass is 384 g/mol. The van der Waals surface area contributed by atoms with Gasteiger partial charge in [-0.1, -0.05) is 0 Å². The standard InChI is InChI=1S/C18H23F3N4O2/c1-17(2,3)27-16(26)24-9-6-12(7-10-24)11-25-14-13(5-4-8-22-14)23-15(25)18(19,20)21/h4-5,8,12H,6-7,9-11H2,1-3H3. The summed E-state index contributed by atoms with van der Waals surface area (Å²) >= 11 is 0. The molecule has 9 heteroatoms. The van der Waals surface area contributed by atoms with Crippen molar-refractivity contribution in [3.63, 3.8) is 0 Å². The molecule has 0 saturated carbocycles. The molecule has 1 fully saturated rings. The van der Waals surface area contributed by atoms with Crippen LogP contribution in [-0.2, 0) is 17.5 Å². The minimum atomic E-state index is -4.54. The van der Waals surface area contributed by atoms with Gasteiger partial charge in [0.05, 0.1) is 0 Å². The Kier molecular flexibility index (Phi) is 5.05. The molecule has 1 aliphatic rings. The van der Waals surface area contributed by atoms with E-state index >= 15 is 0 Å². The molecular formula is C18H23F3N4O2. The third-order valence-electron chi connectivity index (χ3n) is 4.46. The van der Waals surface area contributed by atoms with E-state index in [1.54, 1.807) is 31.7 Å². The molecule has 0 aromatic carbocycles. The fraction of sp³-hybridized carbons (Fsp3) is 0.611. The molecule has 2 aromatic heterocycles. The van der Waals surface area contributed by atoms with E-state index in [1.807, 2.05) is 0 Å². The van der Waals surface area contributed by atoms with Crippen LogP contribution in [0.1, 0.15) is 39.4 Å². The number of imidazole rings is 1. The van der Waals surface area contributed by atoms with Crippen molar-refractivity contribution >= 4 is 17.3 Å². The molecule has 2 aromatic rings. The Morgan fingerprint density at radius 1 is 1.26 bits per heavy atom. The first-order valence-electron chi connectivity index (χ1n) is 8.91. The Hall–Kier alpha value is -2.32. The quantitative estimate of drug-likeness (QED) is 0.782. The summed E-state index contributed by atoms with van der Waals surface area (Å²) in [7, 11) is 0. The number of rotatable bonds is 2. The molecule has 1 amide bonds. The summed E-state index contributed by atoms with van der Waals surface area (Å²) in [6.45, 7) is 6.49. The first-order valence-corrected chi connectivity index (χ1v) is 8.91. The third kappa shape index (κ3) is 4.51. The largest absolute Gasteiger partial charge is 0.449 e. The lowest BCUT2D eigenvalue weighted by Gasteiger charge is -2.33. The van der Waals surface area contributed by atoms with Gasteiger partial charge >= 0.3 is 12.3 Å². The Balaban J connectivity index is 1.72. The maximum absolute atomic E-state index is 13.4. The number of piperidine rings is 1. The summed E-state index contributed by atoms with van der Waals surface area (Å²) in [5.74, 6) is -0.921. The number of amides is 1. The lowest BCUT2D eigenvalue weighted by molar-refractivity contribution is -0.147. The minimum Gasteiger partial charge on any atom is -0.444 e. The van der Waals surface area contributed by atoms with Crippen LogP contribution in [0.2, 0.25) is 0 Å². The van der Waals surface area contributed by atoms with E-state index < -0.39 is 17.6 Å².